The highest BCUT2D eigenvalue weighted by molar-refractivity contribution is 7.16. The third kappa shape index (κ3) is 6.69. The van der Waals surface area contributed by atoms with E-state index in [0.717, 1.165) is 28.2 Å². The lowest BCUT2D eigenvalue weighted by atomic mass is 9.97. The van der Waals surface area contributed by atoms with Crippen molar-refractivity contribution in [2.45, 2.75) is 57.5 Å². The fourth-order valence-electron chi connectivity index (χ4n) is 3.36. The summed E-state index contributed by atoms with van der Waals surface area (Å²) in [6, 6.07) is 9.83. The van der Waals surface area contributed by atoms with E-state index in [0.29, 0.717) is 23.3 Å². The zero-order valence-corrected chi connectivity index (χ0v) is 19.3. The summed E-state index contributed by atoms with van der Waals surface area (Å²) in [4.78, 5) is 0.879. The van der Waals surface area contributed by atoms with Crippen LogP contribution < -0.4 is 4.74 Å². The summed E-state index contributed by atoms with van der Waals surface area (Å²) in [6.45, 7) is 4.30. The van der Waals surface area contributed by atoms with Crippen LogP contribution in [0.15, 0.2) is 30.3 Å². The Bertz CT molecular complexity index is 899. The summed E-state index contributed by atoms with van der Waals surface area (Å²) in [5.41, 5.74) is 2.07. The molecule has 168 valence electrons. The molecule has 1 saturated heterocycles. The van der Waals surface area contributed by atoms with Crippen LogP contribution >= 0.6 is 22.9 Å². The van der Waals surface area contributed by atoms with Crippen molar-refractivity contribution < 1.29 is 24.8 Å². The molecule has 1 aliphatic rings. The topological polar surface area (TPSA) is 79.2 Å². The van der Waals surface area contributed by atoms with Gasteiger partial charge in [-0.1, -0.05) is 49.4 Å². The Hall–Kier alpha value is -1.59. The first-order valence-corrected chi connectivity index (χ1v) is 11.6. The van der Waals surface area contributed by atoms with Crippen LogP contribution in [0.1, 0.15) is 48.8 Å². The number of aliphatic hydroxyl groups excluding tert-OH is 3. The van der Waals surface area contributed by atoms with E-state index < -0.39 is 24.4 Å². The van der Waals surface area contributed by atoms with Gasteiger partial charge in [-0.15, -0.1) is 11.3 Å². The SMILES string of the molecule is CC(C)CC#CCOc1ccc(Cc2cc(C3CC(O)C(O)C(CO)O3)sc2Cl)cc1. The molecule has 5 nitrogen and oxygen atoms in total. The second kappa shape index (κ2) is 11.3. The van der Waals surface area contributed by atoms with Crippen molar-refractivity contribution in [1.29, 1.82) is 0 Å². The van der Waals surface area contributed by atoms with Gasteiger partial charge in [0.05, 0.1) is 23.2 Å². The third-order valence-corrected chi connectivity index (χ3v) is 6.64. The van der Waals surface area contributed by atoms with Crippen LogP contribution in [-0.2, 0) is 11.2 Å². The van der Waals surface area contributed by atoms with E-state index in [1.54, 1.807) is 0 Å². The normalized spacial score (nSPS) is 23.5. The van der Waals surface area contributed by atoms with E-state index in [1.165, 1.54) is 11.3 Å². The van der Waals surface area contributed by atoms with Crippen LogP contribution in [0.5, 0.6) is 5.75 Å². The number of rotatable bonds is 7. The van der Waals surface area contributed by atoms with Gasteiger partial charge in [-0.2, -0.15) is 0 Å². The first-order valence-electron chi connectivity index (χ1n) is 10.5. The van der Waals surface area contributed by atoms with Gasteiger partial charge in [-0.25, -0.2) is 0 Å². The second-order valence-corrected chi connectivity index (χ2v) is 9.83. The first kappa shape index (κ1) is 24.1. The maximum Gasteiger partial charge on any atom is 0.149 e. The Balaban J connectivity index is 1.59. The molecule has 3 N–H and O–H groups in total. The van der Waals surface area contributed by atoms with Crippen molar-refractivity contribution in [3.63, 3.8) is 0 Å². The molecule has 0 bridgehead atoms. The van der Waals surface area contributed by atoms with Gasteiger partial charge in [0.15, 0.2) is 0 Å². The minimum atomic E-state index is -1.09. The van der Waals surface area contributed by atoms with Gasteiger partial charge < -0.3 is 24.8 Å². The van der Waals surface area contributed by atoms with E-state index in [1.807, 2.05) is 30.3 Å². The second-order valence-electron chi connectivity index (χ2n) is 8.15. The molecule has 1 fully saturated rings. The number of halogens is 1. The largest absolute Gasteiger partial charge is 0.481 e. The van der Waals surface area contributed by atoms with Gasteiger partial charge >= 0.3 is 0 Å². The molecule has 0 saturated carbocycles. The molecule has 4 atom stereocenters. The molecule has 0 aliphatic carbocycles. The zero-order valence-electron chi connectivity index (χ0n) is 17.8. The highest BCUT2D eigenvalue weighted by atomic mass is 35.5. The summed E-state index contributed by atoms with van der Waals surface area (Å²) >= 11 is 7.87. The molecule has 0 amide bonds. The molecular formula is C24H29ClO5S. The van der Waals surface area contributed by atoms with Crippen LogP contribution in [0.2, 0.25) is 4.34 Å². The van der Waals surface area contributed by atoms with Crippen LogP contribution in [0, 0.1) is 17.8 Å². The number of benzene rings is 1. The number of aliphatic hydroxyl groups is 3. The first-order chi connectivity index (χ1) is 14.9. The lowest BCUT2D eigenvalue weighted by Crippen LogP contribution is -2.47. The molecule has 1 aromatic carbocycles. The van der Waals surface area contributed by atoms with Crippen LogP contribution in [0.3, 0.4) is 0 Å². The maximum absolute atomic E-state index is 10.1. The predicted molar refractivity (Wildman–Crippen MR) is 123 cm³/mol. The molecule has 0 radical (unpaired) electrons. The lowest BCUT2D eigenvalue weighted by Gasteiger charge is -2.35. The number of ether oxygens (including phenoxy) is 2. The maximum atomic E-state index is 10.1. The van der Waals surface area contributed by atoms with E-state index in [4.69, 9.17) is 21.1 Å². The standard InChI is InChI=1S/C24H29ClO5S/c1-15(2)5-3-4-10-29-18-8-6-16(7-9-18)11-17-12-22(31-24(17)25)20-13-19(27)23(28)21(14-26)30-20/h6-9,12,15,19-21,23,26-28H,5,10-11,13-14H2,1-2H3. The minimum absolute atomic E-state index is 0.264. The number of hydrogen-bond donors (Lipinski definition) is 3. The average Bonchev–Trinajstić information content (AvgIpc) is 3.11. The fourth-order valence-corrected chi connectivity index (χ4v) is 4.71. The van der Waals surface area contributed by atoms with Crippen molar-refractivity contribution in [2.24, 2.45) is 5.92 Å². The molecule has 2 aromatic rings. The van der Waals surface area contributed by atoms with Gasteiger partial charge in [0.25, 0.3) is 0 Å². The third-order valence-electron chi connectivity index (χ3n) is 5.11. The van der Waals surface area contributed by atoms with Crippen LogP contribution in [0.4, 0.5) is 0 Å². The molecule has 2 heterocycles. The molecule has 1 aromatic heterocycles. The smallest absolute Gasteiger partial charge is 0.149 e. The lowest BCUT2D eigenvalue weighted by molar-refractivity contribution is -0.180. The van der Waals surface area contributed by atoms with Crippen molar-refractivity contribution in [2.75, 3.05) is 13.2 Å². The molecule has 0 spiro atoms. The summed E-state index contributed by atoms with van der Waals surface area (Å²) in [6.07, 6.45) is -1.44. The van der Waals surface area contributed by atoms with Crippen LogP contribution in [-0.4, -0.2) is 46.8 Å². The highest BCUT2D eigenvalue weighted by Gasteiger charge is 2.37. The summed E-state index contributed by atoms with van der Waals surface area (Å²) in [7, 11) is 0. The fraction of sp³-hybridized carbons (Fsp3) is 0.500. The molecule has 31 heavy (non-hydrogen) atoms. The Labute approximate surface area is 192 Å². The molecule has 7 heteroatoms. The zero-order chi connectivity index (χ0) is 22.4. The molecule has 1 aliphatic heterocycles. The predicted octanol–water partition coefficient (Wildman–Crippen LogP) is 3.96. The Kier molecular flexibility index (Phi) is 8.79. The molecule has 3 rings (SSSR count). The summed E-state index contributed by atoms with van der Waals surface area (Å²) in [5.74, 6) is 7.47. The van der Waals surface area contributed by atoms with Crippen molar-refractivity contribution in [3.05, 3.63) is 50.7 Å². The van der Waals surface area contributed by atoms with Gasteiger partial charge in [-0.3, -0.25) is 0 Å². The van der Waals surface area contributed by atoms with Crippen LogP contribution in [0.25, 0.3) is 0 Å². The minimum Gasteiger partial charge on any atom is -0.481 e. The van der Waals surface area contributed by atoms with Gasteiger partial charge in [0.2, 0.25) is 0 Å². The summed E-state index contributed by atoms with van der Waals surface area (Å²) < 4.78 is 12.1. The Morgan fingerprint density at radius 1 is 1.23 bits per heavy atom. The summed E-state index contributed by atoms with van der Waals surface area (Å²) in [5, 5.41) is 29.4. The number of hydrogen-bond acceptors (Lipinski definition) is 6. The van der Waals surface area contributed by atoms with E-state index in [2.05, 4.69) is 25.7 Å². The van der Waals surface area contributed by atoms with Crippen molar-refractivity contribution >= 4 is 22.9 Å². The monoisotopic (exact) mass is 464 g/mol. The van der Waals surface area contributed by atoms with Gasteiger partial charge in [-0.05, 0) is 41.7 Å². The average molecular weight is 465 g/mol. The van der Waals surface area contributed by atoms with Crippen molar-refractivity contribution in [3.8, 4) is 17.6 Å². The highest BCUT2D eigenvalue weighted by Crippen LogP contribution is 2.39. The van der Waals surface area contributed by atoms with E-state index >= 15 is 0 Å². The quantitative estimate of drug-likeness (QED) is 0.540. The van der Waals surface area contributed by atoms with E-state index in [9.17, 15) is 15.3 Å². The molecule has 4 unspecified atom stereocenters. The molecular weight excluding hydrogens is 436 g/mol. The van der Waals surface area contributed by atoms with Gasteiger partial charge in [0, 0.05) is 17.7 Å². The number of thiophene rings is 1. The van der Waals surface area contributed by atoms with Crippen molar-refractivity contribution in [1.82, 2.24) is 0 Å². The van der Waals surface area contributed by atoms with Gasteiger partial charge in [0.1, 0.15) is 24.6 Å². The van der Waals surface area contributed by atoms with E-state index in [-0.39, 0.29) is 13.0 Å². The Morgan fingerprint density at radius 3 is 2.65 bits per heavy atom. The Morgan fingerprint density at radius 2 is 1.97 bits per heavy atom.